The Bertz CT molecular complexity index is 597. The molecule has 0 aliphatic carbocycles. The zero-order chi connectivity index (χ0) is 15.2. The van der Waals surface area contributed by atoms with E-state index in [1.54, 1.807) is 6.33 Å². The van der Waals surface area contributed by atoms with E-state index in [0.29, 0.717) is 0 Å². The van der Waals surface area contributed by atoms with Crippen LogP contribution >= 0.6 is 0 Å². The summed E-state index contributed by atoms with van der Waals surface area (Å²) in [5.41, 5.74) is 3.25. The molecule has 2 rings (SSSR count). The molecule has 5 nitrogen and oxygen atoms in total. The Morgan fingerprint density at radius 2 is 2.05 bits per heavy atom. The molecule has 5 heteroatoms. The Labute approximate surface area is 126 Å². The fourth-order valence-electron chi connectivity index (χ4n) is 2.43. The van der Waals surface area contributed by atoms with Gasteiger partial charge in [0.25, 0.3) is 0 Å². The normalized spacial score (nSPS) is 10.5. The second-order valence-electron chi connectivity index (χ2n) is 5.15. The summed E-state index contributed by atoms with van der Waals surface area (Å²) >= 11 is 0. The third-order valence-corrected chi connectivity index (χ3v) is 3.37. The van der Waals surface area contributed by atoms with Crippen molar-refractivity contribution in [2.45, 2.75) is 33.2 Å². The van der Waals surface area contributed by atoms with E-state index in [0.717, 1.165) is 48.0 Å². The van der Waals surface area contributed by atoms with Crippen molar-refractivity contribution in [1.29, 1.82) is 0 Å². The van der Waals surface area contributed by atoms with Crippen LogP contribution in [0, 0.1) is 6.92 Å². The van der Waals surface area contributed by atoms with Crippen molar-refractivity contribution in [3.8, 4) is 0 Å². The van der Waals surface area contributed by atoms with Crippen LogP contribution in [-0.2, 0) is 13.0 Å². The number of nitrogens with one attached hydrogen (secondary N) is 1. The van der Waals surface area contributed by atoms with Gasteiger partial charge in [-0.2, -0.15) is 0 Å². The number of hydrogen-bond acceptors (Lipinski definition) is 5. The van der Waals surface area contributed by atoms with E-state index < -0.39 is 0 Å². The second-order valence-corrected chi connectivity index (χ2v) is 5.15. The van der Waals surface area contributed by atoms with Crippen molar-refractivity contribution in [2.24, 2.45) is 0 Å². The molecule has 21 heavy (non-hydrogen) atoms. The lowest BCUT2D eigenvalue weighted by atomic mass is 10.1. The molecule has 0 bridgehead atoms. The maximum Gasteiger partial charge on any atom is 0.137 e. The summed E-state index contributed by atoms with van der Waals surface area (Å²) in [5.74, 6) is 1.88. The molecule has 0 unspecified atom stereocenters. The van der Waals surface area contributed by atoms with Crippen molar-refractivity contribution in [3.63, 3.8) is 0 Å². The highest BCUT2D eigenvalue weighted by molar-refractivity contribution is 5.58. The van der Waals surface area contributed by atoms with Gasteiger partial charge in [-0.1, -0.05) is 19.4 Å². The van der Waals surface area contributed by atoms with Crippen LogP contribution in [-0.4, -0.2) is 29.0 Å². The fraction of sp³-hybridized carbons (Fsp3) is 0.438. The van der Waals surface area contributed by atoms with Gasteiger partial charge in [-0.05, 0) is 25.5 Å². The van der Waals surface area contributed by atoms with Crippen LogP contribution in [0.1, 0.15) is 30.3 Å². The third kappa shape index (κ3) is 3.68. The molecule has 0 aliphatic rings. The van der Waals surface area contributed by atoms with Gasteiger partial charge in [-0.15, -0.1) is 0 Å². The molecule has 2 heterocycles. The first-order chi connectivity index (χ1) is 10.2. The van der Waals surface area contributed by atoms with E-state index in [4.69, 9.17) is 0 Å². The van der Waals surface area contributed by atoms with E-state index in [2.05, 4.69) is 32.1 Å². The van der Waals surface area contributed by atoms with Crippen LogP contribution < -0.4 is 10.2 Å². The number of aromatic nitrogens is 3. The molecule has 0 amide bonds. The minimum absolute atomic E-state index is 0.735. The summed E-state index contributed by atoms with van der Waals surface area (Å²) < 4.78 is 0. The van der Waals surface area contributed by atoms with Crippen molar-refractivity contribution in [3.05, 3.63) is 41.5 Å². The number of anilines is 2. The van der Waals surface area contributed by atoms with Gasteiger partial charge in [-0.3, -0.25) is 4.98 Å². The van der Waals surface area contributed by atoms with Gasteiger partial charge in [-0.25, -0.2) is 9.97 Å². The SMILES string of the molecule is CCCc1c(NC)ncnc1N(C)Cc1cccc(C)n1. The Hall–Kier alpha value is -2.17. The van der Waals surface area contributed by atoms with Crippen LogP contribution in [0.3, 0.4) is 0 Å². The molecule has 0 radical (unpaired) electrons. The first kappa shape index (κ1) is 15.2. The van der Waals surface area contributed by atoms with Gasteiger partial charge in [0.1, 0.15) is 18.0 Å². The van der Waals surface area contributed by atoms with Crippen molar-refractivity contribution < 1.29 is 0 Å². The van der Waals surface area contributed by atoms with E-state index >= 15 is 0 Å². The average Bonchev–Trinajstić information content (AvgIpc) is 2.47. The average molecular weight is 285 g/mol. The van der Waals surface area contributed by atoms with Gasteiger partial charge in [0.15, 0.2) is 0 Å². The summed E-state index contributed by atoms with van der Waals surface area (Å²) in [5, 5.41) is 3.16. The van der Waals surface area contributed by atoms with Crippen LogP contribution in [0.4, 0.5) is 11.6 Å². The summed E-state index contributed by atoms with van der Waals surface area (Å²) in [4.78, 5) is 15.5. The lowest BCUT2D eigenvalue weighted by Crippen LogP contribution is -2.21. The molecule has 0 saturated carbocycles. The van der Waals surface area contributed by atoms with Gasteiger partial charge in [0.2, 0.25) is 0 Å². The van der Waals surface area contributed by atoms with Gasteiger partial charge in [0, 0.05) is 25.4 Å². The molecule has 0 spiro atoms. The number of hydrogen-bond donors (Lipinski definition) is 1. The zero-order valence-corrected chi connectivity index (χ0v) is 13.2. The first-order valence-corrected chi connectivity index (χ1v) is 7.31. The topological polar surface area (TPSA) is 53.9 Å². The maximum atomic E-state index is 4.56. The van der Waals surface area contributed by atoms with Gasteiger partial charge in [0.05, 0.1) is 12.2 Å². The lowest BCUT2D eigenvalue weighted by Gasteiger charge is -2.22. The van der Waals surface area contributed by atoms with Crippen LogP contribution in [0.25, 0.3) is 0 Å². The summed E-state index contributed by atoms with van der Waals surface area (Å²) in [7, 11) is 3.94. The van der Waals surface area contributed by atoms with E-state index in [1.165, 1.54) is 0 Å². The maximum absolute atomic E-state index is 4.56. The van der Waals surface area contributed by atoms with E-state index in [-0.39, 0.29) is 0 Å². The van der Waals surface area contributed by atoms with Crippen LogP contribution in [0.15, 0.2) is 24.5 Å². The Kier molecular flexibility index (Phi) is 5.09. The van der Waals surface area contributed by atoms with E-state index in [1.807, 2.05) is 39.2 Å². The standard InChI is InChI=1S/C16H23N5/c1-5-7-14-15(17-3)18-11-19-16(14)21(4)10-13-9-6-8-12(2)20-13/h6,8-9,11H,5,7,10H2,1-4H3,(H,17,18,19). The molecule has 0 aromatic carbocycles. The predicted octanol–water partition coefficient (Wildman–Crippen LogP) is 2.81. The molecule has 112 valence electrons. The molecule has 2 aromatic rings. The zero-order valence-electron chi connectivity index (χ0n) is 13.2. The second kappa shape index (κ2) is 7.02. The number of aryl methyl sites for hydroxylation is 1. The molecule has 0 aliphatic heterocycles. The Morgan fingerprint density at radius 1 is 1.24 bits per heavy atom. The summed E-state index contributed by atoms with van der Waals surface area (Å²) in [6.07, 6.45) is 3.63. The summed E-state index contributed by atoms with van der Waals surface area (Å²) in [6.45, 7) is 4.91. The Morgan fingerprint density at radius 3 is 2.71 bits per heavy atom. The minimum Gasteiger partial charge on any atom is -0.373 e. The third-order valence-electron chi connectivity index (χ3n) is 3.37. The highest BCUT2D eigenvalue weighted by atomic mass is 15.2. The molecular formula is C16H23N5. The lowest BCUT2D eigenvalue weighted by molar-refractivity contribution is 0.825. The number of nitrogens with zero attached hydrogens (tertiary/aromatic N) is 4. The Balaban J connectivity index is 2.28. The minimum atomic E-state index is 0.735. The highest BCUT2D eigenvalue weighted by Gasteiger charge is 2.14. The molecule has 0 saturated heterocycles. The van der Waals surface area contributed by atoms with Crippen molar-refractivity contribution >= 4 is 11.6 Å². The van der Waals surface area contributed by atoms with E-state index in [9.17, 15) is 0 Å². The number of rotatable bonds is 6. The molecule has 2 aromatic heterocycles. The number of pyridine rings is 1. The summed E-state index contributed by atoms with van der Waals surface area (Å²) in [6, 6.07) is 6.09. The van der Waals surface area contributed by atoms with Crippen molar-refractivity contribution in [2.75, 3.05) is 24.3 Å². The quantitative estimate of drug-likeness (QED) is 0.884. The van der Waals surface area contributed by atoms with Crippen LogP contribution in [0.5, 0.6) is 0 Å². The molecule has 0 fully saturated rings. The van der Waals surface area contributed by atoms with Crippen molar-refractivity contribution in [1.82, 2.24) is 15.0 Å². The van der Waals surface area contributed by atoms with Gasteiger partial charge >= 0.3 is 0 Å². The van der Waals surface area contributed by atoms with Gasteiger partial charge < -0.3 is 10.2 Å². The predicted molar refractivity (Wildman–Crippen MR) is 86.7 cm³/mol. The monoisotopic (exact) mass is 285 g/mol. The first-order valence-electron chi connectivity index (χ1n) is 7.31. The highest BCUT2D eigenvalue weighted by Crippen LogP contribution is 2.24. The molecular weight excluding hydrogens is 262 g/mol. The smallest absolute Gasteiger partial charge is 0.137 e. The fourth-order valence-corrected chi connectivity index (χ4v) is 2.43. The largest absolute Gasteiger partial charge is 0.373 e. The molecule has 1 N–H and O–H groups in total. The van der Waals surface area contributed by atoms with Crippen LogP contribution in [0.2, 0.25) is 0 Å². The molecule has 0 atom stereocenters.